The van der Waals surface area contributed by atoms with Crippen LogP contribution >= 0.6 is 0 Å². The fraction of sp³-hybridized carbons (Fsp3) is 0.0909. The van der Waals surface area contributed by atoms with Crippen molar-refractivity contribution in [2.75, 3.05) is 0 Å². The molecule has 0 saturated carbocycles. The van der Waals surface area contributed by atoms with Gasteiger partial charge in [-0.3, -0.25) is 0 Å². The smallest absolute Gasteiger partial charge is 0.137 e. The van der Waals surface area contributed by atoms with Gasteiger partial charge < -0.3 is 9.84 Å². The van der Waals surface area contributed by atoms with Gasteiger partial charge in [-0.25, -0.2) is 0 Å². The van der Waals surface area contributed by atoms with Gasteiger partial charge in [0, 0.05) is 0 Å². The van der Waals surface area contributed by atoms with E-state index >= 15 is 0 Å². The van der Waals surface area contributed by atoms with Crippen molar-refractivity contribution in [1.29, 1.82) is 0 Å². The highest BCUT2D eigenvalue weighted by atomic mass is 16.5. The minimum atomic E-state index is -0.00292. The minimum Gasteiger partial charge on any atom is -0.508 e. The number of ether oxygens (including phenoxy) is 1. The first-order valence-corrected chi connectivity index (χ1v) is 3.92. The fourth-order valence-electron chi connectivity index (χ4n) is 0.982. The van der Waals surface area contributed by atoms with Crippen LogP contribution in [0.15, 0.2) is 43.2 Å². The summed E-state index contributed by atoms with van der Waals surface area (Å²) in [5, 5.41) is 9.21. The summed E-state index contributed by atoms with van der Waals surface area (Å²) in [5.74, 6) is 1.15. The summed E-state index contributed by atoms with van der Waals surface area (Å²) in [6.07, 6.45) is 0. The lowest BCUT2D eigenvalue weighted by molar-refractivity contribution is 0.423. The molecule has 2 nitrogen and oxygen atoms in total. The summed E-state index contributed by atoms with van der Waals surface area (Å²) < 4.78 is 5.29. The second kappa shape index (κ2) is 3.81. The number of hydrogen-bond donors (Lipinski definition) is 1. The van der Waals surface area contributed by atoms with Crippen LogP contribution in [-0.2, 0) is 0 Å². The SMILES string of the molecule is C=C(C)Oc1ccccc1C(=C)O. The zero-order chi connectivity index (χ0) is 9.84. The maximum Gasteiger partial charge on any atom is 0.137 e. The average molecular weight is 176 g/mol. The highest BCUT2D eigenvalue weighted by Crippen LogP contribution is 2.24. The van der Waals surface area contributed by atoms with Crippen molar-refractivity contribution in [2.24, 2.45) is 0 Å². The van der Waals surface area contributed by atoms with Gasteiger partial charge in [0.25, 0.3) is 0 Å². The van der Waals surface area contributed by atoms with Gasteiger partial charge in [-0.2, -0.15) is 0 Å². The molecule has 0 aliphatic heterocycles. The van der Waals surface area contributed by atoms with E-state index < -0.39 is 0 Å². The van der Waals surface area contributed by atoms with Crippen LogP contribution in [0.2, 0.25) is 0 Å². The number of rotatable bonds is 3. The fourth-order valence-corrected chi connectivity index (χ4v) is 0.982. The van der Waals surface area contributed by atoms with Crippen LogP contribution in [0.4, 0.5) is 0 Å². The molecule has 0 aliphatic carbocycles. The zero-order valence-electron chi connectivity index (χ0n) is 7.58. The molecule has 0 spiro atoms. The lowest BCUT2D eigenvalue weighted by atomic mass is 10.2. The second-order valence-corrected chi connectivity index (χ2v) is 2.75. The van der Waals surface area contributed by atoms with Gasteiger partial charge in [-0.1, -0.05) is 25.3 Å². The second-order valence-electron chi connectivity index (χ2n) is 2.75. The standard InChI is InChI=1S/C11H12O2/c1-8(2)13-11-7-5-4-6-10(11)9(3)12/h4-7,12H,1,3H2,2H3. The number of hydrogen-bond acceptors (Lipinski definition) is 2. The van der Waals surface area contributed by atoms with Gasteiger partial charge in [0.2, 0.25) is 0 Å². The van der Waals surface area contributed by atoms with Crippen molar-refractivity contribution in [3.05, 3.63) is 48.7 Å². The van der Waals surface area contributed by atoms with Gasteiger partial charge in [0.05, 0.1) is 11.3 Å². The molecule has 0 aromatic heterocycles. The molecule has 0 unspecified atom stereocenters. The lowest BCUT2D eigenvalue weighted by Gasteiger charge is -2.08. The lowest BCUT2D eigenvalue weighted by Crippen LogP contribution is -1.93. The molecule has 0 amide bonds. The number of allylic oxidation sites excluding steroid dienone is 1. The third kappa shape index (κ3) is 2.37. The van der Waals surface area contributed by atoms with E-state index in [4.69, 9.17) is 4.74 Å². The maximum atomic E-state index is 9.21. The molecule has 0 aliphatic rings. The Morgan fingerprint density at radius 2 is 1.92 bits per heavy atom. The Labute approximate surface area is 77.8 Å². The molecule has 2 heteroatoms. The minimum absolute atomic E-state index is 0.00292. The van der Waals surface area contributed by atoms with Crippen molar-refractivity contribution < 1.29 is 9.84 Å². The van der Waals surface area contributed by atoms with Crippen molar-refractivity contribution in [3.63, 3.8) is 0 Å². The van der Waals surface area contributed by atoms with E-state index in [0.29, 0.717) is 17.1 Å². The van der Waals surface area contributed by atoms with Gasteiger partial charge in [-0.15, -0.1) is 0 Å². The molecule has 68 valence electrons. The van der Waals surface area contributed by atoms with E-state index in [0.717, 1.165) is 0 Å². The van der Waals surface area contributed by atoms with Gasteiger partial charge in [0.15, 0.2) is 0 Å². The molecule has 0 bridgehead atoms. The first-order chi connectivity index (χ1) is 6.11. The Morgan fingerprint density at radius 1 is 1.31 bits per heavy atom. The predicted octanol–water partition coefficient (Wildman–Crippen LogP) is 3.13. The maximum absolute atomic E-state index is 9.21. The van der Waals surface area contributed by atoms with Crippen LogP contribution in [0, 0.1) is 0 Å². The average Bonchev–Trinajstić information content (AvgIpc) is 2.03. The number of aliphatic hydroxyl groups is 1. The number of benzene rings is 1. The molecule has 0 fully saturated rings. The van der Waals surface area contributed by atoms with Crippen molar-refractivity contribution in [3.8, 4) is 5.75 Å². The Bertz CT molecular complexity index is 340. The van der Waals surface area contributed by atoms with Crippen molar-refractivity contribution in [1.82, 2.24) is 0 Å². The van der Waals surface area contributed by atoms with Crippen LogP contribution in [0.5, 0.6) is 5.75 Å². The number of aliphatic hydroxyl groups excluding tert-OH is 1. The molecular formula is C11H12O2. The highest BCUT2D eigenvalue weighted by molar-refractivity contribution is 5.62. The summed E-state index contributed by atoms with van der Waals surface area (Å²) in [5.41, 5.74) is 0.588. The van der Waals surface area contributed by atoms with E-state index in [2.05, 4.69) is 13.2 Å². The van der Waals surface area contributed by atoms with Crippen LogP contribution in [-0.4, -0.2) is 5.11 Å². The van der Waals surface area contributed by atoms with Crippen LogP contribution < -0.4 is 4.74 Å². The molecule has 1 rings (SSSR count). The predicted molar refractivity (Wildman–Crippen MR) is 53.5 cm³/mol. The summed E-state index contributed by atoms with van der Waals surface area (Å²) >= 11 is 0. The Morgan fingerprint density at radius 3 is 2.46 bits per heavy atom. The first kappa shape index (κ1) is 9.39. The Kier molecular flexibility index (Phi) is 2.75. The van der Waals surface area contributed by atoms with Crippen LogP contribution in [0.25, 0.3) is 5.76 Å². The molecule has 1 aromatic rings. The summed E-state index contributed by atoms with van der Waals surface area (Å²) in [6.45, 7) is 8.80. The molecule has 0 heterocycles. The molecule has 1 N–H and O–H groups in total. The van der Waals surface area contributed by atoms with E-state index in [-0.39, 0.29) is 5.76 Å². The number of para-hydroxylation sites is 1. The summed E-state index contributed by atoms with van der Waals surface area (Å²) in [4.78, 5) is 0. The highest BCUT2D eigenvalue weighted by Gasteiger charge is 2.04. The van der Waals surface area contributed by atoms with Crippen molar-refractivity contribution in [2.45, 2.75) is 6.92 Å². The third-order valence-electron chi connectivity index (χ3n) is 1.48. The van der Waals surface area contributed by atoms with E-state index in [1.807, 2.05) is 12.1 Å². The zero-order valence-corrected chi connectivity index (χ0v) is 7.58. The molecular weight excluding hydrogens is 164 g/mol. The summed E-state index contributed by atoms with van der Waals surface area (Å²) in [6, 6.07) is 7.12. The third-order valence-corrected chi connectivity index (χ3v) is 1.48. The molecule has 0 atom stereocenters. The topological polar surface area (TPSA) is 29.5 Å². The largest absolute Gasteiger partial charge is 0.508 e. The van der Waals surface area contributed by atoms with Gasteiger partial charge in [-0.05, 0) is 19.1 Å². The first-order valence-electron chi connectivity index (χ1n) is 3.92. The van der Waals surface area contributed by atoms with E-state index in [1.54, 1.807) is 19.1 Å². The van der Waals surface area contributed by atoms with Crippen LogP contribution in [0.1, 0.15) is 12.5 Å². The van der Waals surface area contributed by atoms with Gasteiger partial charge >= 0.3 is 0 Å². The summed E-state index contributed by atoms with van der Waals surface area (Å²) in [7, 11) is 0. The molecule has 13 heavy (non-hydrogen) atoms. The quantitative estimate of drug-likeness (QED) is 0.717. The Hall–Kier alpha value is -1.70. The monoisotopic (exact) mass is 176 g/mol. The van der Waals surface area contributed by atoms with Crippen LogP contribution in [0.3, 0.4) is 0 Å². The normalized spacial score (nSPS) is 9.31. The van der Waals surface area contributed by atoms with E-state index in [1.165, 1.54) is 0 Å². The molecule has 1 aromatic carbocycles. The van der Waals surface area contributed by atoms with Gasteiger partial charge in [0.1, 0.15) is 11.5 Å². The Balaban J connectivity index is 3.04. The molecule has 0 saturated heterocycles. The van der Waals surface area contributed by atoms with E-state index in [9.17, 15) is 5.11 Å². The molecule has 0 radical (unpaired) electrons. The van der Waals surface area contributed by atoms with Crippen molar-refractivity contribution >= 4 is 5.76 Å².